The minimum atomic E-state index is 0.620. The Bertz CT molecular complexity index is 1630. The summed E-state index contributed by atoms with van der Waals surface area (Å²) in [6.45, 7) is 3.92. The smallest absolute Gasteiger partial charge is 0.0853 e. The van der Waals surface area contributed by atoms with Crippen molar-refractivity contribution in [2.24, 2.45) is 0 Å². The first kappa shape index (κ1) is 28.0. The van der Waals surface area contributed by atoms with E-state index in [1.54, 1.807) is 24.3 Å². The molecule has 0 aliphatic carbocycles. The zero-order valence-electron chi connectivity index (χ0n) is 21.7. The van der Waals surface area contributed by atoms with Crippen LogP contribution in [0.15, 0.2) is 109 Å². The van der Waals surface area contributed by atoms with Gasteiger partial charge in [0.1, 0.15) is 0 Å². The molecule has 0 aliphatic rings. The molecule has 0 aliphatic heterocycles. The van der Waals surface area contributed by atoms with Gasteiger partial charge < -0.3 is 0 Å². The Balaban J connectivity index is 0.000000161. The number of hydrogen-bond acceptors (Lipinski definition) is 2. The third-order valence-corrected chi connectivity index (χ3v) is 7.18. The number of nitrogens with zero attached hydrogens (tertiary/aromatic N) is 4. The van der Waals surface area contributed by atoms with Crippen LogP contribution in [0.4, 0.5) is 0 Å². The lowest BCUT2D eigenvalue weighted by Crippen LogP contribution is -2.00. The molecule has 6 aromatic rings. The van der Waals surface area contributed by atoms with E-state index < -0.39 is 0 Å². The van der Waals surface area contributed by atoms with Gasteiger partial charge in [-0.05, 0) is 62.4 Å². The monoisotopic (exact) mass is 604 g/mol. The lowest BCUT2D eigenvalue weighted by atomic mass is 10.1. The lowest BCUT2D eigenvalue weighted by Gasteiger charge is -2.09. The summed E-state index contributed by atoms with van der Waals surface area (Å²) in [5.41, 5.74) is 7.59. The first-order valence-electron chi connectivity index (χ1n) is 12.4. The van der Waals surface area contributed by atoms with Crippen LogP contribution in [0.25, 0.3) is 33.9 Å². The minimum Gasteiger partial charge on any atom is -0.231 e. The maximum absolute atomic E-state index is 6.28. The van der Waals surface area contributed by atoms with Crippen LogP contribution >= 0.6 is 46.4 Å². The Morgan fingerprint density at radius 1 is 0.475 bits per heavy atom. The molecule has 200 valence electrons. The van der Waals surface area contributed by atoms with E-state index in [-0.39, 0.29) is 0 Å². The number of benzene rings is 4. The third kappa shape index (κ3) is 6.27. The van der Waals surface area contributed by atoms with Crippen molar-refractivity contribution in [3.8, 4) is 33.9 Å². The molecular formula is C32H24Cl4N4. The predicted molar refractivity (Wildman–Crippen MR) is 168 cm³/mol. The van der Waals surface area contributed by atoms with Gasteiger partial charge in [-0.3, -0.25) is 0 Å². The predicted octanol–water partition coefficient (Wildman–Crippen LogP) is 10.3. The second kappa shape index (κ2) is 12.3. The van der Waals surface area contributed by atoms with E-state index in [0.717, 1.165) is 45.3 Å². The summed E-state index contributed by atoms with van der Waals surface area (Å²) in [6, 6.07) is 35.0. The molecule has 8 heteroatoms. The largest absolute Gasteiger partial charge is 0.231 e. The highest BCUT2D eigenvalue weighted by Gasteiger charge is 2.14. The van der Waals surface area contributed by atoms with Crippen molar-refractivity contribution >= 4 is 46.4 Å². The second-order valence-electron chi connectivity index (χ2n) is 9.09. The van der Waals surface area contributed by atoms with Gasteiger partial charge in [-0.15, -0.1) is 0 Å². The average Bonchev–Trinajstić information content (AvgIpc) is 3.55. The maximum Gasteiger partial charge on any atom is 0.0853 e. The van der Waals surface area contributed by atoms with Gasteiger partial charge in [-0.1, -0.05) is 107 Å². The number of aryl methyl sites for hydroxylation is 2. The molecule has 0 atom stereocenters. The fraction of sp³-hybridized carbons (Fsp3) is 0.0625. The van der Waals surface area contributed by atoms with Gasteiger partial charge in [-0.2, -0.15) is 10.2 Å². The lowest BCUT2D eigenvalue weighted by molar-refractivity contribution is 0.869. The molecule has 4 aromatic carbocycles. The molecule has 0 radical (unpaired) electrons. The van der Waals surface area contributed by atoms with Crippen LogP contribution in [0.5, 0.6) is 0 Å². The molecule has 0 amide bonds. The summed E-state index contributed by atoms with van der Waals surface area (Å²) >= 11 is 24.7. The summed E-state index contributed by atoms with van der Waals surface area (Å²) in [5, 5.41) is 11.6. The van der Waals surface area contributed by atoms with Crippen LogP contribution < -0.4 is 0 Å². The van der Waals surface area contributed by atoms with Crippen LogP contribution in [-0.2, 0) is 0 Å². The fourth-order valence-corrected chi connectivity index (χ4v) is 5.02. The van der Waals surface area contributed by atoms with E-state index in [4.69, 9.17) is 46.4 Å². The zero-order valence-corrected chi connectivity index (χ0v) is 24.7. The Kier molecular flexibility index (Phi) is 8.63. The molecule has 0 fully saturated rings. The topological polar surface area (TPSA) is 35.6 Å². The fourth-order valence-electron chi connectivity index (χ4n) is 4.29. The summed E-state index contributed by atoms with van der Waals surface area (Å²) in [4.78, 5) is 0. The van der Waals surface area contributed by atoms with Gasteiger partial charge in [0.15, 0.2) is 0 Å². The highest BCUT2D eigenvalue weighted by molar-refractivity contribution is 6.35. The van der Waals surface area contributed by atoms with Gasteiger partial charge >= 0.3 is 0 Å². The molecule has 0 spiro atoms. The number of halogens is 4. The van der Waals surface area contributed by atoms with Crippen molar-refractivity contribution < 1.29 is 0 Å². The Hall–Kier alpha value is -3.54. The SMILES string of the molecule is Cc1cc(-c2ccccc2)n(-c2cc(Cl)ccc2Cl)n1.Cc1cc(-c2ccccc2)n(-c2cc(Cl)ccc2Cl)n1. The van der Waals surface area contributed by atoms with Crippen molar-refractivity contribution in [1.82, 2.24) is 19.6 Å². The molecule has 0 bridgehead atoms. The van der Waals surface area contributed by atoms with E-state index in [1.165, 1.54) is 0 Å². The molecule has 0 unspecified atom stereocenters. The van der Waals surface area contributed by atoms with E-state index in [1.807, 2.05) is 108 Å². The zero-order chi connectivity index (χ0) is 28.2. The van der Waals surface area contributed by atoms with Crippen molar-refractivity contribution in [2.45, 2.75) is 13.8 Å². The molecular weight excluding hydrogens is 582 g/mol. The molecule has 0 saturated heterocycles. The quantitative estimate of drug-likeness (QED) is 0.200. The van der Waals surface area contributed by atoms with Gasteiger partial charge in [0.05, 0.1) is 44.2 Å². The van der Waals surface area contributed by atoms with Crippen LogP contribution in [0, 0.1) is 13.8 Å². The maximum atomic E-state index is 6.28. The van der Waals surface area contributed by atoms with Crippen molar-refractivity contribution in [1.29, 1.82) is 0 Å². The number of rotatable bonds is 4. The van der Waals surface area contributed by atoms with Crippen LogP contribution in [0.2, 0.25) is 20.1 Å². The van der Waals surface area contributed by atoms with Crippen LogP contribution in [-0.4, -0.2) is 19.6 Å². The third-order valence-electron chi connectivity index (χ3n) is 6.07. The van der Waals surface area contributed by atoms with Crippen molar-refractivity contribution in [3.63, 3.8) is 0 Å². The molecule has 0 saturated carbocycles. The number of aromatic nitrogens is 4. The minimum absolute atomic E-state index is 0.620. The van der Waals surface area contributed by atoms with E-state index in [9.17, 15) is 0 Å². The molecule has 6 rings (SSSR count). The molecule has 4 nitrogen and oxygen atoms in total. The normalized spacial score (nSPS) is 10.8. The molecule has 0 N–H and O–H groups in total. The van der Waals surface area contributed by atoms with Crippen LogP contribution in [0.3, 0.4) is 0 Å². The van der Waals surface area contributed by atoms with Crippen molar-refractivity contribution in [2.75, 3.05) is 0 Å². The summed E-state index contributed by atoms with van der Waals surface area (Å²) in [6.07, 6.45) is 0. The standard InChI is InChI=1S/2C16H12Cl2N2/c2*1-11-9-15(12-5-3-2-4-6-12)20(19-11)16-10-13(17)7-8-14(16)18/h2*2-10H,1H3. The van der Waals surface area contributed by atoms with Crippen LogP contribution in [0.1, 0.15) is 11.4 Å². The van der Waals surface area contributed by atoms with E-state index in [2.05, 4.69) is 10.2 Å². The number of hydrogen-bond donors (Lipinski definition) is 0. The molecule has 40 heavy (non-hydrogen) atoms. The Labute approximate surface area is 253 Å². The van der Waals surface area contributed by atoms with Gasteiger partial charge in [0.25, 0.3) is 0 Å². The highest BCUT2D eigenvalue weighted by atomic mass is 35.5. The Morgan fingerprint density at radius 2 is 0.850 bits per heavy atom. The average molecular weight is 606 g/mol. The summed E-state index contributed by atoms with van der Waals surface area (Å²) in [7, 11) is 0. The van der Waals surface area contributed by atoms with Crippen molar-refractivity contribution in [3.05, 3.63) is 141 Å². The second-order valence-corrected chi connectivity index (χ2v) is 10.8. The van der Waals surface area contributed by atoms with E-state index >= 15 is 0 Å². The van der Waals surface area contributed by atoms with Gasteiger partial charge in [0, 0.05) is 21.2 Å². The molecule has 2 aromatic heterocycles. The first-order valence-corrected chi connectivity index (χ1v) is 14.0. The summed E-state index contributed by atoms with van der Waals surface area (Å²) in [5.74, 6) is 0. The highest BCUT2D eigenvalue weighted by Crippen LogP contribution is 2.31. The molecule has 2 heterocycles. The first-order chi connectivity index (χ1) is 19.3. The van der Waals surface area contributed by atoms with E-state index in [0.29, 0.717) is 20.1 Å². The van der Waals surface area contributed by atoms with Gasteiger partial charge in [-0.25, -0.2) is 9.36 Å². The summed E-state index contributed by atoms with van der Waals surface area (Å²) < 4.78 is 3.66. The van der Waals surface area contributed by atoms with Gasteiger partial charge in [0.2, 0.25) is 0 Å². The Morgan fingerprint density at radius 3 is 1.23 bits per heavy atom.